The second kappa shape index (κ2) is 8.54. The van der Waals surface area contributed by atoms with Crippen LogP contribution in [0.4, 0.5) is 0 Å². The molecule has 0 aromatic carbocycles. The number of nitrogens with one attached hydrogen (secondary N) is 2. The molecule has 3 rings (SSSR count). The maximum atomic E-state index is 4.85. The molecule has 2 aliphatic rings. The van der Waals surface area contributed by atoms with E-state index in [0.29, 0.717) is 5.41 Å². The van der Waals surface area contributed by atoms with Gasteiger partial charge in [0, 0.05) is 31.9 Å². The van der Waals surface area contributed by atoms with Crippen LogP contribution in [0, 0.1) is 25.2 Å². The van der Waals surface area contributed by atoms with Crippen molar-refractivity contribution in [2.45, 2.75) is 59.4 Å². The number of nitrogens with zero attached hydrogens (tertiary/aromatic N) is 3. The number of rotatable bonds is 8. The van der Waals surface area contributed by atoms with Gasteiger partial charge >= 0.3 is 0 Å². The van der Waals surface area contributed by atoms with E-state index in [9.17, 15) is 0 Å². The summed E-state index contributed by atoms with van der Waals surface area (Å²) in [6.45, 7) is 10.1. The summed E-state index contributed by atoms with van der Waals surface area (Å²) in [6.07, 6.45) is 6.70. The molecule has 0 unspecified atom stereocenters. The zero-order valence-electron chi connectivity index (χ0n) is 15.3. The van der Waals surface area contributed by atoms with Crippen molar-refractivity contribution >= 4 is 29.9 Å². The van der Waals surface area contributed by atoms with Gasteiger partial charge in [-0.3, -0.25) is 9.67 Å². The van der Waals surface area contributed by atoms with Crippen molar-refractivity contribution in [3.05, 3.63) is 17.5 Å². The van der Waals surface area contributed by atoms with E-state index in [0.717, 1.165) is 50.2 Å². The maximum absolute atomic E-state index is 4.85. The van der Waals surface area contributed by atoms with E-state index >= 15 is 0 Å². The highest BCUT2D eigenvalue weighted by Crippen LogP contribution is 2.61. The maximum Gasteiger partial charge on any atom is 0.191 e. The van der Waals surface area contributed by atoms with Crippen LogP contribution in [-0.2, 0) is 6.54 Å². The number of hydrogen-bond acceptors (Lipinski definition) is 2. The van der Waals surface area contributed by atoms with Gasteiger partial charge in [0.05, 0.1) is 5.69 Å². The van der Waals surface area contributed by atoms with Crippen LogP contribution in [0.5, 0.6) is 0 Å². The monoisotopic (exact) mass is 445 g/mol. The van der Waals surface area contributed by atoms with Gasteiger partial charge < -0.3 is 10.6 Å². The molecule has 0 aliphatic heterocycles. The van der Waals surface area contributed by atoms with Gasteiger partial charge in [0.1, 0.15) is 0 Å². The van der Waals surface area contributed by atoms with Crippen LogP contribution in [-0.4, -0.2) is 35.4 Å². The molecule has 0 atom stereocenters. The Labute approximate surface area is 163 Å². The fourth-order valence-electron chi connectivity index (χ4n) is 3.47. The zero-order chi connectivity index (χ0) is 16.3. The lowest BCUT2D eigenvalue weighted by atomic mass is 10.0. The molecule has 1 aromatic heterocycles. The molecule has 24 heavy (non-hydrogen) atoms. The summed E-state index contributed by atoms with van der Waals surface area (Å²) >= 11 is 0. The first-order chi connectivity index (χ1) is 11.1. The van der Waals surface area contributed by atoms with E-state index < -0.39 is 0 Å². The van der Waals surface area contributed by atoms with Crippen LogP contribution in [0.2, 0.25) is 0 Å². The molecule has 1 aromatic rings. The fourth-order valence-corrected chi connectivity index (χ4v) is 3.47. The van der Waals surface area contributed by atoms with Crippen LogP contribution in [0.15, 0.2) is 11.1 Å². The van der Waals surface area contributed by atoms with Crippen molar-refractivity contribution in [3.8, 4) is 0 Å². The summed E-state index contributed by atoms with van der Waals surface area (Å²) in [5, 5.41) is 11.4. The van der Waals surface area contributed by atoms with Gasteiger partial charge in [0.2, 0.25) is 0 Å². The number of aliphatic imine (C=N–C) groups is 1. The Kier molecular flexibility index (Phi) is 6.95. The third kappa shape index (κ3) is 5.10. The summed E-state index contributed by atoms with van der Waals surface area (Å²) in [5.74, 6) is 1.95. The molecule has 1 heterocycles. The number of guanidine groups is 1. The minimum Gasteiger partial charge on any atom is -0.357 e. The highest BCUT2D eigenvalue weighted by molar-refractivity contribution is 14.0. The molecule has 0 spiro atoms. The van der Waals surface area contributed by atoms with Crippen molar-refractivity contribution in [2.75, 3.05) is 19.6 Å². The first-order valence-electron chi connectivity index (χ1n) is 9.16. The third-order valence-corrected chi connectivity index (χ3v) is 5.17. The van der Waals surface area contributed by atoms with E-state index in [1.807, 2.05) is 6.92 Å². The van der Waals surface area contributed by atoms with Gasteiger partial charge in [-0.15, -0.1) is 24.0 Å². The largest absolute Gasteiger partial charge is 0.357 e. The zero-order valence-corrected chi connectivity index (χ0v) is 17.6. The number of aromatic nitrogens is 2. The van der Waals surface area contributed by atoms with E-state index in [2.05, 4.69) is 40.3 Å². The predicted octanol–water partition coefficient (Wildman–Crippen LogP) is 3.25. The Morgan fingerprint density at radius 3 is 2.62 bits per heavy atom. The summed E-state index contributed by atoms with van der Waals surface area (Å²) in [4.78, 5) is 4.85. The molecule has 5 nitrogen and oxygen atoms in total. The van der Waals surface area contributed by atoms with E-state index in [-0.39, 0.29) is 24.0 Å². The summed E-state index contributed by atoms with van der Waals surface area (Å²) in [7, 11) is 0. The second-order valence-corrected chi connectivity index (χ2v) is 7.26. The van der Waals surface area contributed by atoms with E-state index in [1.165, 1.54) is 31.4 Å². The molecule has 2 fully saturated rings. The van der Waals surface area contributed by atoms with Crippen LogP contribution < -0.4 is 10.6 Å². The average molecular weight is 445 g/mol. The highest BCUT2D eigenvalue weighted by atomic mass is 127. The van der Waals surface area contributed by atoms with Gasteiger partial charge in [-0.2, -0.15) is 5.10 Å². The van der Waals surface area contributed by atoms with Gasteiger partial charge in [-0.05, 0) is 70.3 Å². The van der Waals surface area contributed by atoms with Crippen LogP contribution >= 0.6 is 24.0 Å². The lowest BCUT2D eigenvalue weighted by Gasteiger charge is -2.15. The molecule has 0 bridgehead atoms. The van der Waals surface area contributed by atoms with E-state index in [1.54, 1.807) is 0 Å². The quantitative estimate of drug-likeness (QED) is 0.280. The first kappa shape index (κ1) is 19.5. The van der Waals surface area contributed by atoms with Crippen molar-refractivity contribution in [3.63, 3.8) is 0 Å². The number of halogens is 1. The van der Waals surface area contributed by atoms with Crippen molar-refractivity contribution in [1.29, 1.82) is 0 Å². The average Bonchev–Trinajstić information content (AvgIpc) is 3.40. The SMILES string of the molecule is CCNC(=NCC1(C2CC2)CC1)NCCCn1nc(C)cc1C.I. The Morgan fingerprint density at radius 1 is 1.33 bits per heavy atom. The van der Waals surface area contributed by atoms with Crippen LogP contribution in [0.25, 0.3) is 0 Å². The first-order valence-corrected chi connectivity index (χ1v) is 9.16. The summed E-state index contributed by atoms with van der Waals surface area (Å²) in [5.41, 5.74) is 2.91. The predicted molar refractivity (Wildman–Crippen MR) is 110 cm³/mol. The van der Waals surface area contributed by atoms with Gasteiger partial charge in [-0.1, -0.05) is 0 Å². The molecule has 136 valence electrons. The Balaban J connectivity index is 0.00000208. The normalized spacial score (nSPS) is 18.9. The third-order valence-electron chi connectivity index (χ3n) is 5.17. The molecule has 6 heteroatoms. The van der Waals surface area contributed by atoms with Gasteiger partial charge in [0.15, 0.2) is 5.96 Å². The molecule has 2 N–H and O–H groups in total. The van der Waals surface area contributed by atoms with Crippen molar-refractivity contribution in [2.24, 2.45) is 16.3 Å². The van der Waals surface area contributed by atoms with Crippen molar-refractivity contribution < 1.29 is 0 Å². The second-order valence-electron chi connectivity index (χ2n) is 7.26. The van der Waals surface area contributed by atoms with Crippen molar-refractivity contribution in [1.82, 2.24) is 20.4 Å². The topological polar surface area (TPSA) is 54.2 Å². The Bertz CT molecular complexity index is 558. The number of aryl methyl sites for hydroxylation is 3. The number of hydrogen-bond donors (Lipinski definition) is 2. The summed E-state index contributed by atoms with van der Waals surface area (Å²) < 4.78 is 2.09. The highest BCUT2D eigenvalue weighted by Gasteiger charge is 2.53. The molecule has 2 aliphatic carbocycles. The lowest BCUT2D eigenvalue weighted by Crippen LogP contribution is -2.38. The molecular weight excluding hydrogens is 413 g/mol. The molecule has 0 amide bonds. The Hall–Kier alpha value is -0.790. The van der Waals surface area contributed by atoms with Gasteiger partial charge in [-0.25, -0.2) is 0 Å². The summed E-state index contributed by atoms with van der Waals surface area (Å²) in [6, 6.07) is 2.13. The van der Waals surface area contributed by atoms with Crippen LogP contribution in [0.3, 0.4) is 0 Å². The van der Waals surface area contributed by atoms with Crippen LogP contribution in [0.1, 0.15) is 50.4 Å². The minimum atomic E-state index is 0. The van der Waals surface area contributed by atoms with Gasteiger partial charge in [0.25, 0.3) is 0 Å². The molecular formula is C18H32IN5. The lowest BCUT2D eigenvalue weighted by molar-refractivity contribution is 0.452. The minimum absolute atomic E-state index is 0. The molecule has 0 saturated heterocycles. The standard InChI is InChI=1S/C18H31N5.HI/c1-4-19-17(21-13-18(8-9-18)16-6-7-16)20-10-5-11-23-15(3)12-14(2)22-23;/h12,16H,4-11,13H2,1-3H3,(H2,19,20,21);1H. The smallest absolute Gasteiger partial charge is 0.191 e. The fraction of sp³-hybridized carbons (Fsp3) is 0.778. The Morgan fingerprint density at radius 2 is 2.08 bits per heavy atom. The van der Waals surface area contributed by atoms with E-state index in [4.69, 9.17) is 4.99 Å². The molecule has 2 saturated carbocycles. The molecule has 0 radical (unpaired) electrons.